The average Bonchev–Trinajstić information content (AvgIpc) is 3.22. The summed E-state index contributed by atoms with van der Waals surface area (Å²) < 4.78 is 7.59. The van der Waals surface area contributed by atoms with Gasteiger partial charge in [0.15, 0.2) is 0 Å². The van der Waals surface area contributed by atoms with Crippen LogP contribution in [0.15, 0.2) is 54.6 Å². The van der Waals surface area contributed by atoms with Crippen molar-refractivity contribution in [2.75, 3.05) is 7.11 Å². The first-order chi connectivity index (χ1) is 17.0. The second kappa shape index (κ2) is 9.76. The average molecular weight is 474 g/mol. The first-order valence-corrected chi connectivity index (χ1v) is 12.8. The van der Waals surface area contributed by atoms with E-state index in [4.69, 9.17) is 4.74 Å². The number of methoxy groups -OCH3 is 1. The Morgan fingerprint density at radius 1 is 1.03 bits per heavy atom. The Bertz CT molecular complexity index is 1220. The Morgan fingerprint density at radius 3 is 2.49 bits per heavy atom. The largest absolute Gasteiger partial charge is 0.496 e. The molecule has 1 saturated carbocycles. The molecule has 1 aromatic heterocycles. The zero-order valence-corrected chi connectivity index (χ0v) is 20.8. The molecule has 0 bridgehead atoms. The summed E-state index contributed by atoms with van der Waals surface area (Å²) in [4.78, 5) is 29.7. The fourth-order valence-corrected chi connectivity index (χ4v) is 5.70. The van der Waals surface area contributed by atoms with Crippen LogP contribution in [0.25, 0.3) is 10.9 Å². The van der Waals surface area contributed by atoms with Gasteiger partial charge < -0.3 is 19.5 Å². The van der Waals surface area contributed by atoms with Crippen molar-refractivity contribution >= 4 is 22.7 Å². The molecule has 0 spiro atoms. The lowest BCUT2D eigenvalue weighted by atomic mass is 9.91. The van der Waals surface area contributed by atoms with Gasteiger partial charge >= 0.3 is 0 Å². The van der Waals surface area contributed by atoms with Gasteiger partial charge in [-0.25, -0.2) is 0 Å². The molecule has 6 nitrogen and oxygen atoms in total. The number of nitrogens with zero attached hydrogens (tertiary/aromatic N) is 2. The van der Waals surface area contributed by atoms with Crippen LogP contribution in [0.3, 0.4) is 0 Å². The van der Waals surface area contributed by atoms with Crippen molar-refractivity contribution in [3.05, 3.63) is 65.9 Å². The molecule has 5 rings (SSSR count). The van der Waals surface area contributed by atoms with Crippen LogP contribution in [0.1, 0.15) is 67.9 Å². The number of rotatable bonds is 5. The molecule has 1 fully saturated rings. The number of aromatic nitrogens is 1. The van der Waals surface area contributed by atoms with Crippen molar-refractivity contribution in [2.45, 2.75) is 76.5 Å². The zero-order chi connectivity index (χ0) is 24.4. The Kier molecular flexibility index (Phi) is 6.54. The van der Waals surface area contributed by atoms with E-state index in [1.807, 2.05) is 66.1 Å². The van der Waals surface area contributed by atoms with Crippen LogP contribution in [0.4, 0.5) is 0 Å². The highest BCUT2D eigenvalue weighted by atomic mass is 16.5. The molecule has 2 amide bonds. The van der Waals surface area contributed by atoms with Gasteiger partial charge in [0.25, 0.3) is 5.91 Å². The van der Waals surface area contributed by atoms with Crippen LogP contribution in [-0.2, 0) is 17.9 Å². The summed E-state index contributed by atoms with van der Waals surface area (Å²) in [6.07, 6.45) is 8.00. The smallest absolute Gasteiger partial charge is 0.271 e. The van der Waals surface area contributed by atoms with Crippen molar-refractivity contribution in [1.82, 2.24) is 14.8 Å². The van der Waals surface area contributed by atoms with Crippen LogP contribution in [0, 0.1) is 0 Å². The summed E-state index contributed by atoms with van der Waals surface area (Å²) in [5.41, 5.74) is 1.46. The molecule has 2 aromatic carbocycles. The Balaban J connectivity index is 1.53. The second-order valence-electron chi connectivity index (χ2n) is 10.2. The number of amides is 2. The van der Waals surface area contributed by atoms with Crippen molar-refractivity contribution in [3.8, 4) is 5.75 Å². The van der Waals surface area contributed by atoms with Crippen LogP contribution in [-0.4, -0.2) is 40.0 Å². The molecule has 6 heteroatoms. The van der Waals surface area contributed by atoms with Crippen molar-refractivity contribution in [3.63, 3.8) is 0 Å². The molecule has 2 heterocycles. The van der Waals surface area contributed by atoms with Crippen molar-refractivity contribution in [2.24, 2.45) is 0 Å². The van der Waals surface area contributed by atoms with E-state index in [0.29, 0.717) is 24.5 Å². The lowest BCUT2D eigenvalue weighted by Crippen LogP contribution is -2.64. The lowest BCUT2D eigenvalue weighted by Gasteiger charge is -2.45. The molecule has 3 aromatic rings. The maximum absolute atomic E-state index is 14.0. The molecular formula is C29H35N3O3. The van der Waals surface area contributed by atoms with Gasteiger partial charge in [0, 0.05) is 22.5 Å². The molecule has 1 atom stereocenters. The minimum absolute atomic E-state index is 0.0743. The number of hydrogen-bond donors (Lipinski definition) is 1. The summed E-state index contributed by atoms with van der Waals surface area (Å²) in [6.45, 7) is 2.63. The Morgan fingerprint density at radius 2 is 1.71 bits per heavy atom. The van der Waals surface area contributed by atoms with Crippen LogP contribution in [0.2, 0.25) is 0 Å². The number of benzene rings is 2. The number of carbonyl (C=O) groups is 2. The van der Waals surface area contributed by atoms with E-state index >= 15 is 0 Å². The summed E-state index contributed by atoms with van der Waals surface area (Å²) in [5, 5.41) is 4.37. The third-order valence-electron chi connectivity index (χ3n) is 7.79. The third kappa shape index (κ3) is 4.42. The SMILES string of the molecule is COc1ccccc1CN1C(=O)c2cc3ccccc3n2C[C@@]1(C)C(=O)NC1CCCCCCC1. The fraction of sp³-hybridized carbons (Fsp3) is 0.448. The normalized spacial score (nSPS) is 21.3. The van der Waals surface area contributed by atoms with E-state index in [2.05, 4.69) is 5.32 Å². The predicted molar refractivity (Wildman–Crippen MR) is 137 cm³/mol. The van der Waals surface area contributed by atoms with Gasteiger partial charge in [-0.05, 0) is 38.0 Å². The number of carbonyl (C=O) groups excluding carboxylic acids is 2. The van der Waals surface area contributed by atoms with Gasteiger partial charge in [0.1, 0.15) is 17.0 Å². The highest BCUT2D eigenvalue weighted by Crippen LogP contribution is 2.35. The number of para-hydroxylation sites is 2. The minimum atomic E-state index is -1.03. The molecule has 184 valence electrons. The van der Waals surface area contributed by atoms with Crippen molar-refractivity contribution in [1.29, 1.82) is 0 Å². The summed E-state index contributed by atoms with van der Waals surface area (Å²) >= 11 is 0. The molecule has 0 radical (unpaired) electrons. The minimum Gasteiger partial charge on any atom is -0.496 e. The summed E-state index contributed by atoms with van der Waals surface area (Å²) in [5.74, 6) is 0.512. The zero-order valence-electron chi connectivity index (χ0n) is 20.8. The summed E-state index contributed by atoms with van der Waals surface area (Å²) in [7, 11) is 1.63. The van der Waals surface area contributed by atoms with Gasteiger partial charge in [-0.15, -0.1) is 0 Å². The molecule has 1 aliphatic carbocycles. The van der Waals surface area contributed by atoms with E-state index < -0.39 is 5.54 Å². The molecular weight excluding hydrogens is 438 g/mol. The van der Waals surface area contributed by atoms with Crippen LogP contribution < -0.4 is 10.1 Å². The standard InChI is InChI=1S/C29H35N3O3/c1-29(28(34)30-23-14-6-4-3-5-7-15-23)20-31-24-16-10-8-12-21(24)18-25(31)27(33)32(29)19-22-13-9-11-17-26(22)35-2/h8-13,16-18,23H,3-7,14-15,19-20H2,1-2H3,(H,30,34)/t29-/m0/s1. The molecule has 2 aliphatic rings. The first kappa shape index (κ1) is 23.5. The van der Waals surface area contributed by atoms with E-state index in [1.54, 1.807) is 12.0 Å². The number of ether oxygens (including phenoxy) is 1. The maximum atomic E-state index is 14.0. The highest BCUT2D eigenvalue weighted by Gasteiger charge is 2.48. The molecule has 1 aliphatic heterocycles. The number of hydrogen-bond acceptors (Lipinski definition) is 3. The highest BCUT2D eigenvalue weighted by molar-refractivity contribution is 6.03. The molecule has 0 unspecified atom stereocenters. The van der Waals surface area contributed by atoms with Gasteiger partial charge in [-0.2, -0.15) is 0 Å². The van der Waals surface area contributed by atoms with Gasteiger partial charge in [0.05, 0.1) is 20.2 Å². The quantitative estimate of drug-likeness (QED) is 0.547. The molecule has 0 saturated heterocycles. The second-order valence-corrected chi connectivity index (χ2v) is 10.2. The molecule has 35 heavy (non-hydrogen) atoms. The summed E-state index contributed by atoms with van der Waals surface area (Å²) in [6, 6.07) is 17.8. The van der Waals surface area contributed by atoms with E-state index in [-0.39, 0.29) is 17.9 Å². The van der Waals surface area contributed by atoms with Gasteiger partial charge in [0.2, 0.25) is 5.91 Å². The van der Waals surface area contributed by atoms with Crippen LogP contribution in [0.5, 0.6) is 5.75 Å². The molecule has 1 N–H and O–H groups in total. The Hall–Kier alpha value is -3.28. The first-order valence-electron chi connectivity index (χ1n) is 12.8. The van der Waals surface area contributed by atoms with Crippen LogP contribution >= 0.6 is 0 Å². The van der Waals surface area contributed by atoms with Gasteiger partial charge in [-0.3, -0.25) is 9.59 Å². The van der Waals surface area contributed by atoms with E-state index in [0.717, 1.165) is 42.1 Å². The van der Waals surface area contributed by atoms with Crippen molar-refractivity contribution < 1.29 is 14.3 Å². The monoisotopic (exact) mass is 473 g/mol. The Labute approximate surface area is 207 Å². The van der Waals surface area contributed by atoms with E-state index in [9.17, 15) is 9.59 Å². The lowest BCUT2D eigenvalue weighted by molar-refractivity contribution is -0.134. The number of nitrogens with one attached hydrogen (secondary N) is 1. The predicted octanol–water partition coefficient (Wildman–Crippen LogP) is 5.29. The third-order valence-corrected chi connectivity index (χ3v) is 7.79. The fourth-order valence-electron chi connectivity index (χ4n) is 5.70. The number of fused-ring (bicyclic) bond motifs is 3. The maximum Gasteiger partial charge on any atom is 0.271 e. The van der Waals surface area contributed by atoms with Gasteiger partial charge in [-0.1, -0.05) is 68.5 Å². The topological polar surface area (TPSA) is 63.6 Å². The van der Waals surface area contributed by atoms with E-state index in [1.165, 1.54) is 19.3 Å².